The zero-order valence-corrected chi connectivity index (χ0v) is 41.2. The van der Waals surface area contributed by atoms with Gasteiger partial charge in [-0.2, -0.15) is 0 Å². The van der Waals surface area contributed by atoms with E-state index in [9.17, 15) is 0 Å². The van der Waals surface area contributed by atoms with Crippen molar-refractivity contribution in [2.45, 2.75) is 13.8 Å². The molecule has 0 saturated heterocycles. The SMILES string of the molecule is Cc1cc(-c2cc3ccc4cccc5ccc(c2)c3c45)cc(-c2cc3cccc4ccc5cccc2c5c43)c1.Cc1cc(-c2cc3ccccc3c3ccccc23)cc(-c2cc3ccccc3c3ccccc23)c1. The molecule has 0 aliphatic heterocycles. The highest BCUT2D eigenvalue weighted by molar-refractivity contribution is 6.27. The standard InChI is InChI=1S/C39H24.C35H24/c1-23-17-31(32-19-29-15-13-24-5-2-6-25-14-16-30(20-32)38(29)36(24)25)21-33(18-23)35-22-28-9-3-7-26-11-12-27-8-4-10-34(35)39(27)37(26)28;1-23-18-26(34-21-24-10-2-4-12-28(24)30-14-6-8-16-32(30)34)20-27(19-23)35-22-25-11-3-5-13-29(25)31-15-7-9-17-33(31)35/h2-22H,1H3;2-22H,1H3. The van der Waals surface area contributed by atoms with Crippen molar-refractivity contribution in [3.05, 3.63) is 266 Å². The van der Waals surface area contributed by atoms with Gasteiger partial charge in [0.05, 0.1) is 0 Å². The highest BCUT2D eigenvalue weighted by Crippen LogP contribution is 2.44. The number of fused-ring (bicyclic) bond motifs is 6. The lowest BCUT2D eigenvalue weighted by Gasteiger charge is -2.17. The van der Waals surface area contributed by atoms with E-state index in [-0.39, 0.29) is 0 Å². The molecule has 16 aromatic carbocycles. The molecule has 0 amide bonds. The second kappa shape index (κ2) is 16.6. The Balaban J connectivity index is 0.000000132. The molecule has 74 heavy (non-hydrogen) atoms. The average molecular weight is 937 g/mol. The van der Waals surface area contributed by atoms with Gasteiger partial charge < -0.3 is 0 Å². The molecule has 0 atom stereocenters. The Hall–Kier alpha value is -9.36. The number of aryl methyl sites for hydroxylation is 2. The quantitative estimate of drug-likeness (QED) is 0.154. The molecule has 0 aliphatic rings. The number of hydrogen-bond acceptors (Lipinski definition) is 0. The van der Waals surface area contributed by atoms with Crippen LogP contribution in [0.15, 0.2) is 255 Å². The van der Waals surface area contributed by atoms with Crippen LogP contribution in [0.2, 0.25) is 0 Å². The topological polar surface area (TPSA) is 0 Å². The van der Waals surface area contributed by atoms with Crippen molar-refractivity contribution in [2.75, 3.05) is 0 Å². The van der Waals surface area contributed by atoms with E-state index in [0.29, 0.717) is 0 Å². The highest BCUT2D eigenvalue weighted by atomic mass is 14.2. The van der Waals surface area contributed by atoms with E-state index < -0.39 is 0 Å². The van der Waals surface area contributed by atoms with Crippen molar-refractivity contribution >= 4 is 108 Å². The van der Waals surface area contributed by atoms with E-state index in [4.69, 9.17) is 0 Å². The fraction of sp³-hybridized carbons (Fsp3) is 0.0270. The minimum absolute atomic E-state index is 1.26. The maximum atomic E-state index is 2.39. The maximum absolute atomic E-state index is 2.39. The van der Waals surface area contributed by atoms with Crippen molar-refractivity contribution in [3.8, 4) is 44.5 Å². The molecule has 0 aliphatic carbocycles. The van der Waals surface area contributed by atoms with E-state index in [2.05, 4.69) is 269 Å². The molecule has 0 saturated carbocycles. The molecular weight excluding hydrogens is 889 g/mol. The van der Waals surface area contributed by atoms with E-state index in [1.165, 1.54) is 163 Å². The highest BCUT2D eigenvalue weighted by Gasteiger charge is 2.17. The molecule has 0 heteroatoms. The Morgan fingerprint density at radius 2 is 0.473 bits per heavy atom. The molecule has 0 unspecified atom stereocenters. The number of rotatable bonds is 4. The summed E-state index contributed by atoms with van der Waals surface area (Å²) in [5, 5.41) is 26.3. The van der Waals surface area contributed by atoms with Crippen LogP contribution in [0.4, 0.5) is 0 Å². The average Bonchev–Trinajstić information content (AvgIpc) is 3.48. The van der Waals surface area contributed by atoms with Gasteiger partial charge in [-0.3, -0.25) is 0 Å². The van der Waals surface area contributed by atoms with Crippen molar-refractivity contribution < 1.29 is 0 Å². The summed E-state index contributed by atoms with van der Waals surface area (Å²) in [6.45, 7) is 4.43. The molecule has 0 nitrogen and oxygen atoms in total. The summed E-state index contributed by atoms with van der Waals surface area (Å²) in [6.07, 6.45) is 0. The predicted octanol–water partition coefficient (Wildman–Crippen LogP) is 21.1. The smallest absolute Gasteiger partial charge is 0.00206 e. The Morgan fingerprint density at radius 1 is 0.176 bits per heavy atom. The van der Waals surface area contributed by atoms with Crippen LogP contribution in [0.25, 0.3) is 152 Å². The predicted molar refractivity (Wildman–Crippen MR) is 322 cm³/mol. The largest absolute Gasteiger partial charge is 0.0616 e. The van der Waals surface area contributed by atoms with Gasteiger partial charge in [-0.05, 0) is 220 Å². The van der Waals surface area contributed by atoms with Gasteiger partial charge in [0.15, 0.2) is 0 Å². The van der Waals surface area contributed by atoms with Gasteiger partial charge in [-0.25, -0.2) is 0 Å². The minimum atomic E-state index is 1.26. The van der Waals surface area contributed by atoms with Crippen LogP contribution >= 0.6 is 0 Å². The molecule has 344 valence electrons. The molecule has 0 aromatic heterocycles. The van der Waals surface area contributed by atoms with Crippen LogP contribution in [-0.4, -0.2) is 0 Å². The Kier molecular flexibility index (Phi) is 9.50. The summed E-state index contributed by atoms with van der Waals surface area (Å²) in [4.78, 5) is 0. The first kappa shape index (κ1) is 42.3. The fourth-order valence-electron chi connectivity index (χ4n) is 12.7. The van der Waals surface area contributed by atoms with Crippen molar-refractivity contribution in [1.29, 1.82) is 0 Å². The van der Waals surface area contributed by atoms with E-state index in [0.717, 1.165) is 0 Å². The normalized spacial score (nSPS) is 11.9. The first-order valence-electron chi connectivity index (χ1n) is 25.9. The third-order valence-electron chi connectivity index (χ3n) is 15.9. The maximum Gasteiger partial charge on any atom is -0.00206 e. The fourth-order valence-corrected chi connectivity index (χ4v) is 12.7. The monoisotopic (exact) mass is 936 g/mol. The first-order chi connectivity index (χ1) is 36.5. The molecule has 16 rings (SSSR count). The van der Waals surface area contributed by atoms with Gasteiger partial charge >= 0.3 is 0 Å². The number of hydrogen-bond donors (Lipinski definition) is 0. The van der Waals surface area contributed by atoms with Crippen LogP contribution in [0.3, 0.4) is 0 Å². The van der Waals surface area contributed by atoms with Gasteiger partial charge in [-0.15, -0.1) is 0 Å². The minimum Gasteiger partial charge on any atom is -0.0616 e. The summed E-state index contributed by atoms with van der Waals surface area (Å²) in [5.41, 5.74) is 12.7. The summed E-state index contributed by atoms with van der Waals surface area (Å²) in [6, 6.07) is 94.5. The second-order valence-corrected chi connectivity index (χ2v) is 20.5. The first-order valence-corrected chi connectivity index (χ1v) is 25.9. The number of benzene rings is 16. The Morgan fingerprint density at radius 3 is 1.00 bits per heavy atom. The van der Waals surface area contributed by atoms with E-state index in [1.807, 2.05) is 0 Å². The summed E-state index contributed by atoms with van der Waals surface area (Å²) in [5.74, 6) is 0. The zero-order chi connectivity index (χ0) is 49.0. The van der Waals surface area contributed by atoms with Gasteiger partial charge in [-0.1, -0.05) is 212 Å². The molecule has 0 N–H and O–H groups in total. The van der Waals surface area contributed by atoms with Gasteiger partial charge in [0.1, 0.15) is 0 Å². The summed E-state index contributed by atoms with van der Waals surface area (Å²) < 4.78 is 0. The van der Waals surface area contributed by atoms with Crippen molar-refractivity contribution in [3.63, 3.8) is 0 Å². The van der Waals surface area contributed by atoms with Crippen LogP contribution in [0.1, 0.15) is 11.1 Å². The molecule has 0 radical (unpaired) electrons. The van der Waals surface area contributed by atoms with E-state index in [1.54, 1.807) is 0 Å². The van der Waals surface area contributed by atoms with Gasteiger partial charge in [0.2, 0.25) is 0 Å². The van der Waals surface area contributed by atoms with Crippen LogP contribution in [0, 0.1) is 13.8 Å². The van der Waals surface area contributed by atoms with E-state index >= 15 is 0 Å². The molecule has 0 heterocycles. The Labute approximate surface area is 429 Å². The lowest BCUT2D eigenvalue weighted by molar-refractivity contribution is 1.47. The van der Waals surface area contributed by atoms with Crippen LogP contribution < -0.4 is 0 Å². The molecular formula is C74H48. The van der Waals surface area contributed by atoms with Crippen LogP contribution in [-0.2, 0) is 0 Å². The van der Waals surface area contributed by atoms with Crippen molar-refractivity contribution in [2.24, 2.45) is 0 Å². The molecule has 0 bridgehead atoms. The summed E-state index contributed by atoms with van der Waals surface area (Å²) >= 11 is 0. The van der Waals surface area contributed by atoms with Gasteiger partial charge in [0, 0.05) is 0 Å². The zero-order valence-electron chi connectivity index (χ0n) is 41.2. The molecule has 0 spiro atoms. The van der Waals surface area contributed by atoms with Gasteiger partial charge in [0.25, 0.3) is 0 Å². The molecule has 0 fully saturated rings. The lowest BCUT2D eigenvalue weighted by atomic mass is 9.87. The molecule has 16 aromatic rings. The third kappa shape index (κ3) is 6.76. The second-order valence-electron chi connectivity index (χ2n) is 20.5. The Bertz CT molecular complexity index is 4710. The third-order valence-corrected chi connectivity index (χ3v) is 15.9. The lowest BCUT2D eigenvalue weighted by Crippen LogP contribution is -1.90. The summed E-state index contributed by atoms with van der Waals surface area (Å²) in [7, 11) is 0. The van der Waals surface area contributed by atoms with Crippen LogP contribution in [0.5, 0.6) is 0 Å². The van der Waals surface area contributed by atoms with Crippen molar-refractivity contribution in [1.82, 2.24) is 0 Å².